The van der Waals surface area contributed by atoms with Gasteiger partial charge in [0.2, 0.25) is 0 Å². The highest BCUT2D eigenvalue weighted by atomic mass is 31.2. The van der Waals surface area contributed by atoms with Crippen molar-refractivity contribution in [2.75, 3.05) is 12.3 Å². The maximum absolute atomic E-state index is 6.47. The van der Waals surface area contributed by atoms with Crippen molar-refractivity contribution in [1.29, 1.82) is 0 Å². The molecule has 0 atom stereocenters. The fourth-order valence-electron chi connectivity index (χ4n) is 2.26. The number of hydrogen-bond acceptors (Lipinski definition) is 1. The lowest BCUT2D eigenvalue weighted by Crippen LogP contribution is -2.28. The molecule has 1 fully saturated rings. The molecular weight excluding hydrogens is 215 g/mol. The highest BCUT2D eigenvalue weighted by molar-refractivity contribution is 7.78. The molecule has 0 aromatic heterocycles. The Bertz CT molecular complexity index is 315. The zero-order valence-corrected chi connectivity index (χ0v) is 11.2. The molecule has 1 saturated carbocycles. The van der Waals surface area contributed by atoms with E-state index in [-0.39, 0.29) is 0 Å². The van der Waals surface area contributed by atoms with Crippen LogP contribution in [-0.2, 0) is 4.52 Å². The molecule has 1 aromatic carbocycles. The van der Waals surface area contributed by atoms with Gasteiger partial charge in [0.15, 0.2) is 7.49 Å². The van der Waals surface area contributed by atoms with Crippen molar-refractivity contribution in [3.63, 3.8) is 0 Å². The Balaban J connectivity index is 2.19. The molecule has 1 aliphatic rings. The Hall–Kier alpha value is -0.390. The fourth-order valence-corrected chi connectivity index (χ4v) is 5.35. The molecule has 0 unspecified atom stereocenters. The lowest BCUT2D eigenvalue weighted by molar-refractivity contribution is 0.133. The maximum atomic E-state index is 6.47. The zero-order valence-electron chi connectivity index (χ0n) is 10.4. The number of rotatable bonds is 5. The molecule has 0 radical (unpaired) electrons. The second-order valence-corrected chi connectivity index (χ2v) is 8.29. The van der Waals surface area contributed by atoms with Crippen LogP contribution in [-0.4, -0.2) is 18.4 Å². The third kappa shape index (κ3) is 2.31. The predicted octanol–water partition coefficient (Wildman–Crippen LogP) is 3.85. The van der Waals surface area contributed by atoms with Crippen molar-refractivity contribution in [3.8, 4) is 0 Å². The maximum Gasteiger partial charge on any atom is 0.177 e. The third-order valence-corrected chi connectivity index (χ3v) is 7.64. The molecule has 1 aromatic rings. The van der Waals surface area contributed by atoms with E-state index < -0.39 is 7.49 Å². The van der Waals surface area contributed by atoms with Gasteiger partial charge in [0.25, 0.3) is 0 Å². The second kappa shape index (κ2) is 5.29. The molecule has 1 aliphatic carbocycles. The topological polar surface area (TPSA) is 9.23 Å². The van der Waals surface area contributed by atoms with Gasteiger partial charge in [-0.25, -0.2) is 4.52 Å². The van der Waals surface area contributed by atoms with Crippen molar-refractivity contribution < 1.29 is 4.52 Å². The molecule has 1 nitrogen and oxygen atoms in total. The summed E-state index contributed by atoms with van der Waals surface area (Å²) in [7, 11) is -1.33. The first kappa shape index (κ1) is 12.1. The lowest BCUT2D eigenvalue weighted by Gasteiger charge is -2.32. The first-order chi connectivity index (χ1) is 7.80. The molecule has 0 aliphatic heterocycles. The van der Waals surface area contributed by atoms with Crippen molar-refractivity contribution in [2.45, 2.75) is 39.2 Å². The van der Waals surface area contributed by atoms with Crippen LogP contribution in [0.5, 0.6) is 0 Å². The van der Waals surface area contributed by atoms with E-state index in [1.165, 1.54) is 36.9 Å². The van der Waals surface area contributed by atoms with Gasteiger partial charge in [-0.1, -0.05) is 18.2 Å². The SMILES string of the molecule is CC[P+](CC)(OC1CCC1)c1ccccc1. The van der Waals surface area contributed by atoms with E-state index in [1.807, 2.05) is 0 Å². The van der Waals surface area contributed by atoms with E-state index >= 15 is 0 Å². The molecule has 0 N–H and O–H groups in total. The van der Waals surface area contributed by atoms with E-state index in [0.29, 0.717) is 6.10 Å². The summed E-state index contributed by atoms with van der Waals surface area (Å²) in [5.74, 6) is 0. The monoisotopic (exact) mass is 237 g/mol. The second-order valence-electron chi connectivity index (χ2n) is 4.52. The van der Waals surface area contributed by atoms with Crippen LogP contribution in [0.1, 0.15) is 33.1 Å². The Labute approximate surface area is 99.6 Å². The first-order valence-electron chi connectivity index (χ1n) is 6.42. The quantitative estimate of drug-likeness (QED) is 0.707. The fraction of sp³-hybridized carbons (Fsp3) is 0.571. The van der Waals surface area contributed by atoms with Crippen LogP contribution in [0.2, 0.25) is 0 Å². The third-order valence-electron chi connectivity index (χ3n) is 3.65. The Morgan fingerprint density at radius 3 is 2.19 bits per heavy atom. The van der Waals surface area contributed by atoms with E-state index in [1.54, 1.807) is 0 Å². The molecular formula is C14H22OP+. The van der Waals surface area contributed by atoms with Crippen molar-refractivity contribution in [1.82, 2.24) is 0 Å². The molecule has 88 valence electrons. The van der Waals surface area contributed by atoms with Crippen LogP contribution < -0.4 is 5.30 Å². The highest BCUT2D eigenvalue weighted by Gasteiger charge is 2.42. The molecule has 0 saturated heterocycles. The Kier molecular flexibility index (Phi) is 4.00. The summed E-state index contributed by atoms with van der Waals surface area (Å²) in [6, 6.07) is 10.9. The van der Waals surface area contributed by atoms with Crippen LogP contribution in [0.15, 0.2) is 30.3 Å². The summed E-state index contributed by atoms with van der Waals surface area (Å²) in [5, 5.41) is 1.45. The van der Waals surface area contributed by atoms with Crippen molar-refractivity contribution in [3.05, 3.63) is 30.3 Å². The van der Waals surface area contributed by atoms with E-state index in [0.717, 1.165) is 0 Å². The van der Waals surface area contributed by atoms with Gasteiger partial charge >= 0.3 is 0 Å². The van der Waals surface area contributed by atoms with Crippen LogP contribution in [0.25, 0.3) is 0 Å². The zero-order chi connectivity index (χ0) is 11.4. The minimum absolute atomic E-state index is 0.549. The minimum Gasteiger partial charge on any atom is -0.230 e. The van der Waals surface area contributed by atoms with Crippen LogP contribution in [0, 0.1) is 0 Å². The van der Waals surface area contributed by atoms with Gasteiger partial charge in [-0.15, -0.1) is 0 Å². The van der Waals surface area contributed by atoms with Crippen molar-refractivity contribution >= 4 is 12.8 Å². The summed E-state index contributed by atoms with van der Waals surface area (Å²) < 4.78 is 6.47. The summed E-state index contributed by atoms with van der Waals surface area (Å²) >= 11 is 0. The van der Waals surface area contributed by atoms with E-state index in [2.05, 4.69) is 44.2 Å². The molecule has 16 heavy (non-hydrogen) atoms. The molecule has 0 amide bonds. The highest BCUT2D eigenvalue weighted by Crippen LogP contribution is 2.60. The van der Waals surface area contributed by atoms with E-state index in [9.17, 15) is 0 Å². The van der Waals surface area contributed by atoms with Gasteiger partial charge in [-0.2, -0.15) is 0 Å². The number of benzene rings is 1. The average Bonchev–Trinajstić information content (AvgIpc) is 2.30. The molecule has 0 spiro atoms. The summed E-state index contributed by atoms with van der Waals surface area (Å²) in [5.41, 5.74) is 0. The van der Waals surface area contributed by atoms with Crippen LogP contribution in [0.4, 0.5) is 0 Å². The van der Waals surface area contributed by atoms with Crippen LogP contribution >= 0.6 is 7.49 Å². The molecule has 2 heteroatoms. The predicted molar refractivity (Wildman–Crippen MR) is 72.8 cm³/mol. The van der Waals surface area contributed by atoms with Gasteiger partial charge in [0.05, 0.1) is 12.3 Å². The summed E-state index contributed by atoms with van der Waals surface area (Å²) in [6.45, 7) is 4.56. The van der Waals surface area contributed by atoms with Crippen molar-refractivity contribution in [2.24, 2.45) is 0 Å². The number of hydrogen-bond donors (Lipinski definition) is 0. The molecule has 0 bridgehead atoms. The van der Waals surface area contributed by atoms with Crippen LogP contribution in [0.3, 0.4) is 0 Å². The Morgan fingerprint density at radius 2 is 1.75 bits per heavy atom. The minimum atomic E-state index is -1.33. The van der Waals surface area contributed by atoms with E-state index in [4.69, 9.17) is 4.52 Å². The smallest absolute Gasteiger partial charge is 0.177 e. The summed E-state index contributed by atoms with van der Waals surface area (Å²) in [6.07, 6.45) is 6.79. The van der Waals surface area contributed by atoms with Gasteiger partial charge in [0, 0.05) is 0 Å². The van der Waals surface area contributed by atoms with Gasteiger partial charge in [0.1, 0.15) is 11.4 Å². The molecule has 2 rings (SSSR count). The average molecular weight is 237 g/mol. The standard InChI is InChI=1S/C14H22OP/c1-3-16(4-2,15-13-9-8-10-13)14-11-6-5-7-12-14/h5-7,11-13H,3-4,8-10H2,1-2H3/q+1. The molecule has 0 heterocycles. The Morgan fingerprint density at radius 1 is 1.12 bits per heavy atom. The first-order valence-corrected chi connectivity index (χ1v) is 8.49. The largest absolute Gasteiger partial charge is 0.230 e. The summed E-state index contributed by atoms with van der Waals surface area (Å²) in [4.78, 5) is 0. The van der Waals surface area contributed by atoms with Gasteiger partial charge < -0.3 is 0 Å². The normalized spacial score (nSPS) is 17.1. The van der Waals surface area contributed by atoms with Gasteiger partial charge in [-0.05, 0) is 45.2 Å². The lowest BCUT2D eigenvalue weighted by atomic mass is 9.97. The van der Waals surface area contributed by atoms with Gasteiger partial charge in [-0.3, -0.25) is 0 Å².